The maximum absolute atomic E-state index is 12.6. The summed E-state index contributed by atoms with van der Waals surface area (Å²) in [5, 5.41) is 9.51. The van der Waals surface area contributed by atoms with E-state index in [0.29, 0.717) is 12.8 Å². The van der Waals surface area contributed by atoms with Gasteiger partial charge in [-0.25, -0.2) is 0 Å². The molecular weight excluding hydrogens is 340 g/mol. The van der Waals surface area contributed by atoms with E-state index < -0.39 is 6.10 Å². The smallest absolute Gasteiger partial charge is 0.179 e. The molecule has 1 heterocycles. The van der Waals surface area contributed by atoms with Crippen LogP contribution >= 0.6 is 0 Å². The van der Waals surface area contributed by atoms with Crippen molar-refractivity contribution in [3.05, 3.63) is 52.8 Å². The molecule has 0 bridgehead atoms. The molecule has 2 rings (SSSR count). The van der Waals surface area contributed by atoms with E-state index in [2.05, 4.69) is 12.1 Å². The van der Waals surface area contributed by atoms with Crippen molar-refractivity contribution < 1.29 is 14.6 Å². The summed E-state index contributed by atoms with van der Waals surface area (Å²) < 4.78 is 7.31. The van der Waals surface area contributed by atoms with Gasteiger partial charge >= 0.3 is 0 Å². The van der Waals surface area contributed by atoms with Crippen molar-refractivity contribution in [3.8, 4) is 5.75 Å². The number of aliphatic hydroxyl groups is 1. The lowest BCUT2D eigenvalue weighted by atomic mass is 10.0. The SMILES string of the molecule is COc1cc(CCCC(=O)c2ccc(CCC(N)C(C)O)n2C)ccc1C. The summed E-state index contributed by atoms with van der Waals surface area (Å²) in [5.41, 5.74) is 10.00. The highest BCUT2D eigenvalue weighted by Gasteiger charge is 2.15. The lowest BCUT2D eigenvalue weighted by molar-refractivity contribution is 0.0972. The highest BCUT2D eigenvalue weighted by molar-refractivity contribution is 5.94. The van der Waals surface area contributed by atoms with E-state index >= 15 is 0 Å². The third-order valence-corrected chi connectivity index (χ3v) is 5.21. The van der Waals surface area contributed by atoms with Gasteiger partial charge in [-0.15, -0.1) is 0 Å². The van der Waals surface area contributed by atoms with Gasteiger partial charge in [0.25, 0.3) is 0 Å². The van der Waals surface area contributed by atoms with E-state index in [0.717, 1.165) is 42.0 Å². The number of aliphatic hydroxyl groups excluding tert-OH is 1. The van der Waals surface area contributed by atoms with Gasteiger partial charge in [0, 0.05) is 25.2 Å². The lowest BCUT2D eigenvalue weighted by Crippen LogP contribution is -2.32. The zero-order valence-corrected chi connectivity index (χ0v) is 16.9. The molecule has 0 saturated heterocycles. The molecule has 0 aliphatic rings. The predicted octanol–water partition coefficient (Wildman–Crippen LogP) is 3.19. The minimum atomic E-state index is -0.522. The molecule has 0 amide bonds. The predicted molar refractivity (Wildman–Crippen MR) is 108 cm³/mol. The molecule has 0 aliphatic heterocycles. The Morgan fingerprint density at radius 1 is 1.26 bits per heavy atom. The van der Waals surface area contributed by atoms with E-state index in [-0.39, 0.29) is 11.8 Å². The molecule has 2 unspecified atom stereocenters. The molecule has 2 aromatic rings. The van der Waals surface area contributed by atoms with Crippen LogP contribution in [0.2, 0.25) is 0 Å². The zero-order valence-electron chi connectivity index (χ0n) is 16.9. The Labute approximate surface area is 162 Å². The fourth-order valence-electron chi connectivity index (χ4n) is 3.24. The highest BCUT2D eigenvalue weighted by Crippen LogP contribution is 2.21. The van der Waals surface area contributed by atoms with Crippen LogP contribution in [0.1, 0.15) is 53.5 Å². The monoisotopic (exact) mass is 372 g/mol. The van der Waals surface area contributed by atoms with E-state index in [1.54, 1.807) is 14.0 Å². The van der Waals surface area contributed by atoms with Gasteiger partial charge in [0.2, 0.25) is 0 Å². The molecular formula is C22H32N2O3. The first kappa shape index (κ1) is 21.2. The second-order valence-corrected chi connectivity index (χ2v) is 7.29. The molecule has 1 aromatic carbocycles. The van der Waals surface area contributed by atoms with Crippen molar-refractivity contribution in [2.75, 3.05) is 7.11 Å². The number of Topliss-reactive ketones (excluding diaryl/α,β-unsaturated/α-hetero) is 1. The first-order valence-electron chi connectivity index (χ1n) is 9.58. The standard InChI is InChI=1S/C22H32N2O3/c1-15-8-9-17(14-22(15)27-4)6-5-7-21(26)20-13-11-18(24(20)3)10-12-19(23)16(2)25/h8-9,11,13-14,16,19,25H,5-7,10,12,23H2,1-4H3. The van der Waals surface area contributed by atoms with E-state index in [9.17, 15) is 9.90 Å². The molecule has 0 fully saturated rings. The highest BCUT2D eigenvalue weighted by atomic mass is 16.5. The summed E-state index contributed by atoms with van der Waals surface area (Å²) >= 11 is 0. The summed E-state index contributed by atoms with van der Waals surface area (Å²) in [6.45, 7) is 3.72. The van der Waals surface area contributed by atoms with Gasteiger partial charge in [0.05, 0.1) is 18.9 Å². The largest absolute Gasteiger partial charge is 0.496 e. The van der Waals surface area contributed by atoms with E-state index in [1.807, 2.05) is 36.7 Å². The number of ether oxygens (including phenoxy) is 1. The van der Waals surface area contributed by atoms with Gasteiger partial charge in [-0.05, 0) is 68.9 Å². The van der Waals surface area contributed by atoms with Crippen molar-refractivity contribution >= 4 is 5.78 Å². The second-order valence-electron chi connectivity index (χ2n) is 7.29. The van der Waals surface area contributed by atoms with E-state index in [1.165, 1.54) is 5.56 Å². The molecule has 1 aromatic heterocycles. The third kappa shape index (κ3) is 5.68. The summed E-state index contributed by atoms with van der Waals surface area (Å²) in [6, 6.07) is 9.82. The number of aryl methyl sites for hydroxylation is 3. The van der Waals surface area contributed by atoms with Crippen molar-refractivity contribution in [2.24, 2.45) is 12.8 Å². The lowest BCUT2D eigenvalue weighted by Gasteiger charge is -2.15. The van der Waals surface area contributed by atoms with Gasteiger partial charge in [0.1, 0.15) is 5.75 Å². The number of benzene rings is 1. The normalized spacial score (nSPS) is 13.4. The topological polar surface area (TPSA) is 77.5 Å². The molecule has 148 valence electrons. The maximum atomic E-state index is 12.6. The molecule has 0 aliphatic carbocycles. The number of hydrogen-bond donors (Lipinski definition) is 2. The number of hydrogen-bond acceptors (Lipinski definition) is 4. The minimum Gasteiger partial charge on any atom is -0.496 e. The van der Waals surface area contributed by atoms with E-state index in [4.69, 9.17) is 10.5 Å². The van der Waals surface area contributed by atoms with Crippen molar-refractivity contribution in [1.29, 1.82) is 0 Å². The van der Waals surface area contributed by atoms with Gasteiger partial charge < -0.3 is 20.1 Å². The van der Waals surface area contributed by atoms with Crippen LogP contribution in [0.25, 0.3) is 0 Å². The third-order valence-electron chi connectivity index (χ3n) is 5.21. The van der Waals surface area contributed by atoms with Gasteiger partial charge in [-0.1, -0.05) is 12.1 Å². The number of nitrogens with two attached hydrogens (primary N) is 1. The van der Waals surface area contributed by atoms with Crippen molar-refractivity contribution in [2.45, 2.75) is 58.1 Å². The quantitative estimate of drug-likeness (QED) is 0.628. The molecule has 5 heteroatoms. The minimum absolute atomic E-state index is 0.155. The summed E-state index contributed by atoms with van der Waals surface area (Å²) in [4.78, 5) is 12.6. The Morgan fingerprint density at radius 3 is 2.67 bits per heavy atom. The fraction of sp³-hybridized carbons (Fsp3) is 0.500. The Morgan fingerprint density at radius 2 is 2.00 bits per heavy atom. The second kappa shape index (κ2) is 9.72. The van der Waals surface area contributed by atoms with Crippen LogP contribution in [-0.4, -0.2) is 34.7 Å². The number of rotatable bonds is 10. The number of aromatic nitrogens is 1. The molecule has 0 radical (unpaired) electrons. The maximum Gasteiger partial charge on any atom is 0.179 e. The summed E-state index contributed by atoms with van der Waals surface area (Å²) in [6.07, 6.45) is 3.09. The van der Waals surface area contributed by atoms with Crippen LogP contribution in [-0.2, 0) is 19.9 Å². The fourth-order valence-corrected chi connectivity index (χ4v) is 3.24. The molecule has 3 N–H and O–H groups in total. The average Bonchev–Trinajstić information content (AvgIpc) is 3.01. The molecule has 5 nitrogen and oxygen atoms in total. The summed E-state index contributed by atoms with van der Waals surface area (Å²) in [5.74, 6) is 1.05. The van der Waals surface area contributed by atoms with Gasteiger partial charge in [-0.3, -0.25) is 4.79 Å². The number of carbonyl (C=O) groups is 1. The molecule has 0 spiro atoms. The first-order chi connectivity index (χ1) is 12.8. The van der Waals surface area contributed by atoms with Gasteiger partial charge in [0.15, 0.2) is 5.78 Å². The number of nitrogens with zero attached hydrogens (tertiary/aromatic N) is 1. The van der Waals surface area contributed by atoms with Crippen molar-refractivity contribution in [3.63, 3.8) is 0 Å². The van der Waals surface area contributed by atoms with Gasteiger partial charge in [-0.2, -0.15) is 0 Å². The van der Waals surface area contributed by atoms with Crippen LogP contribution < -0.4 is 10.5 Å². The average molecular weight is 373 g/mol. The van der Waals surface area contributed by atoms with Crippen molar-refractivity contribution in [1.82, 2.24) is 4.57 Å². The molecule has 0 saturated carbocycles. The van der Waals surface area contributed by atoms with Crippen LogP contribution in [0.5, 0.6) is 5.75 Å². The molecule has 27 heavy (non-hydrogen) atoms. The number of methoxy groups -OCH3 is 1. The van der Waals surface area contributed by atoms with Crippen LogP contribution in [0.15, 0.2) is 30.3 Å². The number of carbonyl (C=O) groups excluding carboxylic acids is 1. The Bertz CT molecular complexity index is 765. The Balaban J connectivity index is 1.89. The first-order valence-corrected chi connectivity index (χ1v) is 9.58. The van der Waals surface area contributed by atoms with Crippen LogP contribution in [0, 0.1) is 6.92 Å². The Hall–Kier alpha value is -2.11. The zero-order chi connectivity index (χ0) is 20.0. The summed E-state index contributed by atoms with van der Waals surface area (Å²) in [7, 11) is 3.60. The Kier molecular flexibility index (Phi) is 7.63. The van der Waals surface area contributed by atoms with Crippen LogP contribution in [0.4, 0.5) is 0 Å². The van der Waals surface area contributed by atoms with Crippen LogP contribution in [0.3, 0.4) is 0 Å². The molecule has 2 atom stereocenters. The number of ketones is 1.